The van der Waals surface area contributed by atoms with Crippen LogP contribution in [-0.4, -0.2) is 11.8 Å². The molecular weight excluding hydrogens is 637 g/mol. The molecule has 0 aromatic rings. The summed E-state index contributed by atoms with van der Waals surface area (Å²) >= 11 is 0. The Bertz CT molecular complexity index is 740. The van der Waals surface area contributed by atoms with Gasteiger partial charge in [-0.2, -0.15) is 0 Å². The Morgan fingerprint density at radius 1 is 0.327 bits per heavy atom. The monoisotopic (exact) mass is 729 g/mol. The molecule has 0 bridgehead atoms. The Labute approximate surface area is 326 Å². The van der Waals surface area contributed by atoms with Gasteiger partial charge in [-0.1, -0.05) is 205 Å². The Morgan fingerprint density at radius 2 is 0.519 bits per heavy atom. The standard InChI is InChI=1S/C48H92N2O2/c1-3-5-7-9-11-13-15-17-19-21-23-25-27-29-31-33-35-37-41-45(47(49)51)43-39-40-44-46(48(50)52)42-38-36-34-32-30-28-26-24-22-20-18-16-14-12-10-8-6-4-2/h17-20,45-46H,3-16,21-44H2,1-2H3,(H2,49,51)(H2,50,52)/b19-17-,20-18-. The van der Waals surface area contributed by atoms with Crippen LogP contribution in [0.5, 0.6) is 0 Å². The van der Waals surface area contributed by atoms with Crippen LogP contribution in [0.4, 0.5) is 0 Å². The molecule has 0 rings (SSSR count). The lowest BCUT2D eigenvalue weighted by molar-refractivity contribution is -0.123. The second kappa shape index (κ2) is 42.2. The van der Waals surface area contributed by atoms with Crippen LogP contribution in [0, 0.1) is 11.8 Å². The van der Waals surface area contributed by atoms with Crippen LogP contribution in [0.25, 0.3) is 0 Å². The third kappa shape index (κ3) is 38.2. The Balaban J connectivity index is 3.70. The summed E-state index contributed by atoms with van der Waals surface area (Å²) in [6.07, 6.45) is 57.1. The summed E-state index contributed by atoms with van der Waals surface area (Å²) in [5, 5.41) is 0. The molecule has 0 spiro atoms. The third-order valence-electron chi connectivity index (χ3n) is 11.3. The van der Waals surface area contributed by atoms with Crippen LogP contribution in [-0.2, 0) is 9.59 Å². The van der Waals surface area contributed by atoms with Crippen LogP contribution in [0.2, 0.25) is 0 Å². The first-order chi connectivity index (χ1) is 25.5. The van der Waals surface area contributed by atoms with Gasteiger partial charge in [0.05, 0.1) is 0 Å². The maximum absolute atomic E-state index is 12.1. The fourth-order valence-electron chi connectivity index (χ4n) is 7.62. The Morgan fingerprint density at radius 3 is 0.750 bits per heavy atom. The number of primary amides is 2. The van der Waals surface area contributed by atoms with E-state index in [0.717, 1.165) is 51.4 Å². The van der Waals surface area contributed by atoms with Crippen molar-refractivity contribution in [2.45, 2.75) is 258 Å². The van der Waals surface area contributed by atoms with Crippen molar-refractivity contribution >= 4 is 11.8 Å². The Kier molecular flexibility index (Phi) is 40.9. The highest BCUT2D eigenvalue weighted by Crippen LogP contribution is 2.22. The maximum atomic E-state index is 12.1. The van der Waals surface area contributed by atoms with Crippen molar-refractivity contribution in [3.63, 3.8) is 0 Å². The van der Waals surface area contributed by atoms with Gasteiger partial charge in [-0.25, -0.2) is 0 Å². The number of unbranched alkanes of at least 4 members (excludes halogenated alkanes) is 29. The molecule has 0 heterocycles. The number of hydrogen-bond acceptors (Lipinski definition) is 2. The zero-order chi connectivity index (χ0) is 38.0. The molecule has 0 aliphatic carbocycles. The van der Waals surface area contributed by atoms with E-state index in [1.165, 1.54) is 193 Å². The molecular formula is C48H92N2O2. The number of carbonyl (C=O) groups is 2. The van der Waals surface area contributed by atoms with Crippen molar-refractivity contribution < 1.29 is 9.59 Å². The minimum Gasteiger partial charge on any atom is -0.369 e. The van der Waals surface area contributed by atoms with Gasteiger partial charge in [0.1, 0.15) is 0 Å². The second-order valence-electron chi connectivity index (χ2n) is 16.4. The van der Waals surface area contributed by atoms with Crippen LogP contribution < -0.4 is 11.5 Å². The molecule has 2 atom stereocenters. The van der Waals surface area contributed by atoms with Crippen molar-refractivity contribution in [2.24, 2.45) is 23.3 Å². The topological polar surface area (TPSA) is 86.2 Å². The van der Waals surface area contributed by atoms with Gasteiger partial charge in [0, 0.05) is 11.8 Å². The molecule has 0 fully saturated rings. The Hall–Kier alpha value is -1.58. The molecule has 2 amide bonds. The molecule has 0 aliphatic heterocycles. The van der Waals surface area contributed by atoms with Gasteiger partial charge in [-0.05, 0) is 77.0 Å². The summed E-state index contributed by atoms with van der Waals surface area (Å²) in [5.41, 5.74) is 11.5. The quantitative estimate of drug-likeness (QED) is 0.0484. The van der Waals surface area contributed by atoms with Crippen LogP contribution >= 0.6 is 0 Å². The summed E-state index contributed by atoms with van der Waals surface area (Å²) in [7, 11) is 0. The first-order valence-corrected chi connectivity index (χ1v) is 23.4. The first-order valence-electron chi connectivity index (χ1n) is 23.4. The average molecular weight is 729 g/mol. The van der Waals surface area contributed by atoms with Crippen LogP contribution in [0.1, 0.15) is 258 Å². The van der Waals surface area contributed by atoms with E-state index in [1.807, 2.05) is 0 Å². The van der Waals surface area contributed by atoms with Gasteiger partial charge in [0.2, 0.25) is 11.8 Å². The molecule has 0 radical (unpaired) electrons. The fraction of sp³-hybridized carbons (Fsp3) is 0.875. The average Bonchev–Trinajstić information content (AvgIpc) is 3.13. The molecule has 0 saturated heterocycles. The SMILES string of the molecule is CCCCCCCC/C=C\CCCCCCCCCCC(CCCCC(CCCCCCCCCC/C=C\CCCCCCCC)C(N)=O)C(N)=O. The summed E-state index contributed by atoms with van der Waals surface area (Å²) in [6.45, 7) is 4.56. The molecule has 0 aromatic carbocycles. The number of rotatable bonds is 43. The number of allylic oxidation sites excluding steroid dienone is 4. The maximum Gasteiger partial charge on any atom is 0.220 e. The van der Waals surface area contributed by atoms with E-state index in [4.69, 9.17) is 11.5 Å². The minimum atomic E-state index is -0.150. The highest BCUT2D eigenvalue weighted by Gasteiger charge is 2.17. The first kappa shape index (κ1) is 50.4. The van der Waals surface area contributed by atoms with Crippen LogP contribution in [0.15, 0.2) is 24.3 Å². The largest absolute Gasteiger partial charge is 0.369 e. The molecule has 306 valence electrons. The summed E-state index contributed by atoms with van der Waals surface area (Å²) in [4.78, 5) is 24.2. The van der Waals surface area contributed by atoms with Crippen molar-refractivity contribution in [3.8, 4) is 0 Å². The molecule has 0 saturated carbocycles. The van der Waals surface area contributed by atoms with Gasteiger partial charge in [0.25, 0.3) is 0 Å². The summed E-state index contributed by atoms with van der Waals surface area (Å²) in [6, 6.07) is 0. The molecule has 52 heavy (non-hydrogen) atoms. The van der Waals surface area contributed by atoms with Gasteiger partial charge in [-0.15, -0.1) is 0 Å². The van der Waals surface area contributed by atoms with Crippen molar-refractivity contribution in [1.29, 1.82) is 0 Å². The van der Waals surface area contributed by atoms with E-state index in [2.05, 4.69) is 38.2 Å². The summed E-state index contributed by atoms with van der Waals surface area (Å²) in [5.74, 6) is -0.341. The van der Waals surface area contributed by atoms with Gasteiger partial charge in [-0.3, -0.25) is 9.59 Å². The lowest BCUT2D eigenvalue weighted by Crippen LogP contribution is -2.24. The lowest BCUT2D eigenvalue weighted by Gasteiger charge is -2.15. The second-order valence-corrected chi connectivity index (χ2v) is 16.4. The third-order valence-corrected chi connectivity index (χ3v) is 11.3. The van der Waals surface area contributed by atoms with E-state index < -0.39 is 0 Å². The van der Waals surface area contributed by atoms with Gasteiger partial charge >= 0.3 is 0 Å². The highest BCUT2D eigenvalue weighted by molar-refractivity contribution is 5.77. The predicted octanol–water partition coefficient (Wildman–Crippen LogP) is 15.2. The molecule has 0 aromatic heterocycles. The fourth-order valence-corrected chi connectivity index (χ4v) is 7.62. The van der Waals surface area contributed by atoms with E-state index in [0.29, 0.717) is 0 Å². The van der Waals surface area contributed by atoms with E-state index in [-0.39, 0.29) is 23.7 Å². The van der Waals surface area contributed by atoms with E-state index in [9.17, 15) is 9.59 Å². The smallest absolute Gasteiger partial charge is 0.220 e. The van der Waals surface area contributed by atoms with Gasteiger partial charge in [0.15, 0.2) is 0 Å². The normalized spacial score (nSPS) is 13.0. The van der Waals surface area contributed by atoms with E-state index >= 15 is 0 Å². The predicted molar refractivity (Wildman–Crippen MR) is 230 cm³/mol. The molecule has 4 N–H and O–H groups in total. The molecule has 4 heteroatoms. The zero-order valence-electron chi connectivity index (χ0n) is 35.3. The van der Waals surface area contributed by atoms with Crippen LogP contribution in [0.3, 0.4) is 0 Å². The summed E-state index contributed by atoms with van der Waals surface area (Å²) < 4.78 is 0. The number of amides is 2. The molecule has 0 aliphatic rings. The van der Waals surface area contributed by atoms with Crippen molar-refractivity contribution in [3.05, 3.63) is 24.3 Å². The molecule has 2 unspecified atom stereocenters. The van der Waals surface area contributed by atoms with E-state index in [1.54, 1.807) is 0 Å². The van der Waals surface area contributed by atoms with Crippen molar-refractivity contribution in [2.75, 3.05) is 0 Å². The minimum absolute atomic E-state index is 0.0208. The van der Waals surface area contributed by atoms with Gasteiger partial charge < -0.3 is 11.5 Å². The molecule has 4 nitrogen and oxygen atoms in total. The number of nitrogens with two attached hydrogens (primary N) is 2. The van der Waals surface area contributed by atoms with Crippen molar-refractivity contribution in [1.82, 2.24) is 0 Å². The lowest BCUT2D eigenvalue weighted by atomic mass is 9.90. The number of carbonyl (C=O) groups excluding carboxylic acids is 2. The number of hydrogen-bond donors (Lipinski definition) is 2. The zero-order valence-corrected chi connectivity index (χ0v) is 35.3. The highest BCUT2D eigenvalue weighted by atomic mass is 16.1.